The Morgan fingerprint density at radius 2 is 2.05 bits per heavy atom. The van der Waals surface area contributed by atoms with Crippen molar-refractivity contribution in [3.63, 3.8) is 0 Å². The van der Waals surface area contributed by atoms with Crippen LogP contribution in [0.2, 0.25) is 5.02 Å². The van der Waals surface area contributed by atoms with Crippen molar-refractivity contribution in [3.8, 4) is 0 Å². The summed E-state index contributed by atoms with van der Waals surface area (Å²) < 4.78 is 0. The van der Waals surface area contributed by atoms with Gasteiger partial charge in [0.2, 0.25) is 0 Å². The Bertz CT molecular complexity index is 653. The number of nitrogens with two attached hydrogens (primary N) is 1. The van der Waals surface area contributed by atoms with Gasteiger partial charge in [0.05, 0.1) is 5.56 Å². The van der Waals surface area contributed by atoms with Crippen LogP contribution in [0.15, 0.2) is 36.4 Å². The smallest absolute Gasteiger partial charge is 0.257 e. The highest BCUT2D eigenvalue weighted by Crippen LogP contribution is 2.24. The highest BCUT2D eigenvalue weighted by Gasteiger charge is 2.13. The quantitative estimate of drug-likeness (QED) is 0.837. The first-order valence-electron chi connectivity index (χ1n) is 6.47. The number of nitrogen functional groups attached to an aromatic ring is 1. The molecule has 2 aromatic rings. The van der Waals surface area contributed by atoms with Crippen molar-refractivity contribution in [1.82, 2.24) is 0 Å². The van der Waals surface area contributed by atoms with Crippen LogP contribution < -0.4 is 11.1 Å². The number of hydrogen-bond donors (Lipinski definition) is 2. The number of carbonyl (C=O) groups excluding carboxylic acids is 1. The van der Waals surface area contributed by atoms with Gasteiger partial charge in [0.15, 0.2) is 0 Å². The molecule has 4 heteroatoms. The third-order valence-electron chi connectivity index (χ3n) is 3.24. The lowest BCUT2D eigenvalue weighted by atomic mass is 10.0. The molecule has 0 bridgehead atoms. The second-order valence-electron chi connectivity index (χ2n) is 4.65. The maximum absolute atomic E-state index is 12.4. The lowest BCUT2D eigenvalue weighted by molar-refractivity contribution is 0.102. The number of amides is 1. The van der Waals surface area contributed by atoms with Gasteiger partial charge in [0.25, 0.3) is 5.91 Å². The van der Waals surface area contributed by atoms with Gasteiger partial charge in [0, 0.05) is 16.4 Å². The van der Waals surface area contributed by atoms with Crippen molar-refractivity contribution < 1.29 is 4.79 Å². The summed E-state index contributed by atoms with van der Waals surface area (Å²) in [4.78, 5) is 12.4. The van der Waals surface area contributed by atoms with Gasteiger partial charge in [-0.15, -0.1) is 0 Å². The maximum atomic E-state index is 12.4. The Morgan fingerprint density at radius 1 is 1.30 bits per heavy atom. The number of halogens is 1. The van der Waals surface area contributed by atoms with E-state index in [9.17, 15) is 4.79 Å². The third kappa shape index (κ3) is 2.94. The summed E-state index contributed by atoms with van der Waals surface area (Å²) in [5, 5.41) is 3.43. The van der Waals surface area contributed by atoms with Crippen LogP contribution in [0, 0.1) is 6.92 Å². The molecule has 0 aliphatic heterocycles. The average molecular weight is 289 g/mol. The summed E-state index contributed by atoms with van der Waals surface area (Å²) in [5.74, 6) is -0.242. The number of para-hydroxylation sites is 1. The monoisotopic (exact) mass is 288 g/mol. The first kappa shape index (κ1) is 14.4. The van der Waals surface area contributed by atoms with E-state index in [0.717, 1.165) is 23.2 Å². The fourth-order valence-electron chi connectivity index (χ4n) is 2.11. The van der Waals surface area contributed by atoms with E-state index >= 15 is 0 Å². The molecule has 0 saturated carbocycles. The molecule has 0 aliphatic carbocycles. The van der Waals surface area contributed by atoms with Gasteiger partial charge in [-0.2, -0.15) is 0 Å². The number of carbonyl (C=O) groups is 1. The van der Waals surface area contributed by atoms with Crippen molar-refractivity contribution in [3.05, 3.63) is 58.1 Å². The van der Waals surface area contributed by atoms with Crippen LogP contribution in [-0.2, 0) is 6.42 Å². The van der Waals surface area contributed by atoms with Crippen molar-refractivity contribution in [2.24, 2.45) is 0 Å². The van der Waals surface area contributed by atoms with E-state index in [4.69, 9.17) is 17.3 Å². The maximum Gasteiger partial charge on any atom is 0.257 e. The molecule has 0 fully saturated rings. The van der Waals surface area contributed by atoms with Gasteiger partial charge in [-0.1, -0.05) is 36.7 Å². The minimum absolute atomic E-state index is 0.242. The van der Waals surface area contributed by atoms with Crippen LogP contribution in [0.1, 0.15) is 28.4 Å². The molecular formula is C16H17ClN2O. The predicted octanol–water partition coefficient (Wildman–Crippen LogP) is 4.05. The Hall–Kier alpha value is -2.00. The Balaban J connectivity index is 2.35. The molecule has 0 saturated heterocycles. The average Bonchev–Trinajstić information content (AvgIpc) is 2.43. The van der Waals surface area contributed by atoms with Crippen molar-refractivity contribution in [2.75, 3.05) is 11.1 Å². The van der Waals surface area contributed by atoms with Gasteiger partial charge >= 0.3 is 0 Å². The first-order valence-corrected chi connectivity index (χ1v) is 6.85. The Kier molecular flexibility index (Phi) is 4.30. The second kappa shape index (κ2) is 5.97. The summed E-state index contributed by atoms with van der Waals surface area (Å²) in [6, 6.07) is 10.8. The highest BCUT2D eigenvalue weighted by molar-refractivity contribution is 6.31. The van der Waals surface area contributed by atoms with Crippen LogP contribution in [0.4, 0.5) is 11.4 Å². The summed E-state index contributed by atoms with van der Waals surface area (Å²) >= 11 is 5.92. The van der Waals surface area contributed by atoms with Crippen LogP contribution >= 0.6 is 11.6 Å². The van der Waals surface area contributed by atoms with Gasteiger partial charge in [-0.05, 0) is 42.7 Å². The summed E-state index contributed by atoms with van der Waals surface area (Å²) in [6.45, 7) is 4.02. The Morgan fingerprint density at radius 3 is 2.75 bits per heavy atom. The summed E-state index contributed by atoms with van der Waals surface area (Å²) in [6.07, 6.45) is 0.850. The Labute approximate surface area is 123 Å². The molecule has 1 amide bonds. The molecule has 0 aromatic heterocycles. The van der Waals surface area contributed by atoms with Crippen molar-refractivity contribution >= 4 is 28.9 Å². The molecular weight excluding hydrogens is 272 g/mol. The summed E-state index contributed by atoms with van der Waals surface area (Å²) in [5.41, 5.74) is 9.61. The number of nitrogens with one attached hydrogen (secondary N) is 1. The van der Waals surface area contributed by atoms with E-state index < -0.39 is 0 Å². The molecule has 0 atom stereocenters. The van der Waals surface area contributed by atoms with Crippen molar-refractivity contribution in [1.29, 1.82) is 0 Å². The van der Waals surface area contributed by atoms with E-state index in [1.54, 1.807) is 18.2 Å². The molecule has 0 unspecified atom stereocenters. The zero-order valence-corrected chi connectivity index (χ0v) is 12.3. The minimum Gasteiger partial charge on any atom is -0.398 e. The zero-order chi connectivity index (χ0) is 14.7. The second-order valence-corrected chi connectivity index (χ2v) is 5.08. The third-order valence-corrected chi connectivity index (χ3v) is 3.47. The number of aryl methyl sites for hydroxylation is 2. The van der Waals surface area contributed by atoms with E-state index in [2.05, 4.69) is 12.2 Å². The topological polar surface area (TPSA) is 55.1 Å². The molecule has 0 spiro atoms. The van der Waals surface area contributed by atoms with Crippen molar-refractivity contribution in [2.45, 2.75) is 20.3 Å². The van der Waals surface area contributed by atoms with E-state index in [1.807, 2.05) is 25.1 Å². The molecule has 0 radical (unpaired) electrons. The molecule has 2 aromatic carbocycles. The van der Waals surface area contributed by atoms with E-state index in [-0.39, 0.29) is 5.91 Å². The van der Waals surface area contributed by atoms with Gasteiger partial charge in [-0.3, -0.25) is 4.79 Å². The minimum atomic E-state index is -0.242. The summed E-state index contributed by atoms with van der Waals surface area (Å²) in [7, 11) is 0. The molecule has 20 heavy (non-hydrogen) atoms. The molecule has 0 aliphatic rings. The fourth-order valence-corrected chi connectivity index (χ4v) is 2.28. The molecule has 3 N–H and O–H groups in total. The zero-order valence-electron chi connectivity index (χ0n) is 11.5. The molecule has 104 valence electrons. The largest absolute Gasteiger partial charge is 0.398 e. The molecule has 0 heterocycles. The normalized spacial score (nSPS) is 10.3. The van der Waals surface area contributed by atoms with Crippen LogP contribution in [0.25, 0.3) is 0 Å². The van der Waals surface area contributed by atoms with Gasteiger partial charge in [0.1, 0.15) is 0 Å². The number of hydrogen-bond acceptors (Lipinski definition) is 2. The lowest BCUT2D eigenvalue weighted by Gasteiger charge is -2.14. The van der Waals surface area contributed by atoms with Crippen LogP contribution in [-0.4, -0.2) is 5.91 Å². The number of benzene rings is 2. The fraction of sp³-hybridized carbons (Fsp3) is 0.188. The van der Waals surface area contributed by atoms with Crippen LogP contribution in [0.3, 0.4) is 0 Å². The van der Waals surface area contributed by atoms with Crippen LogP contribution in [0.5, 0.6) is 0 Å². The van der Waals surface area contributed by atoms with E-state index in [0.29, 0.717) is 16.3 Å². The lowest BCUT2D eigenvalue weighted by Crippen LogP contribution is -2.16. The van der Waals surface area contributed by atoms with Gasteiger partial charge < -0.3 is 11.1 Å². The van der Waals surface area contributed by atoms with E-state index in [1.165, 1.54) is 0 Å². The first-order chi connectivity index (χ1) is 9.52. The highest BCUT2D eigenvalue weighted by atomic mass is 35.5. The predicted molar refractivity (Wildman–Crippen MR) is 84.4 cm³/mol. The number of anilines is 2. The molecule has 2 rings (SSSR count). The number of rotatable bonds is 3. The molecule has 3 nitrogen and oxygen atoms in total. The SMILES string of the molecule is CCc1cccc(C)c1NC(=O)c1cc(Cl)ccc1N. The standard InChI is InChI=1S/C16H17ClN2O/c1-3-11-6-4-5-10(2)15(11)19-16(20)13-9-12(17)7-8-14(13)18/h4-9H,3,18H2,1-2H3,(H,19,20). The van der Waals surface area contributed by atoms with Gasteiger partial charge in [-0.25, -0.2) is 0 Å².